The molecule has 0 aromatic carbocycles. The Morgan fingerprint density at radius 2 is 2.23 bits per heavy atom. The molecule has 8 heteroatoms. The van der Waals surface area contributed by atoms with Crippen molar-refractivity contribution in [3.63, 3.8) is 0 Å². The number of hydrogen-bond donors (Lipinski definition) is 1. The first-order valence-electron chi connectivity index (χ1n) is 3.25. The number of aromatic nitrogens is 4. The highest BCUT2D eigenvalue weighted by molar-refractivity contribution is 14.1. The molecule has 0 aliphatic carbocycles. The summed E-state index contributed by atoms with van der Waals surface area (Å²) in [6, 6.07) is 0. The molecule has 0 radical (unpaired) electrons. The van der Waals surface area contributed by atoms with Gasteiger partial charge in [-0.2, -0.15) is 7.88 Å². The summed E-state index contributed by atoms with van der Waals surface area (Å²) >= 11 is 1.66. The maximum absolute atomic E-state index is 11.4. The van der Waals surface area contributed by atoms with E-state index < -0.39 is 5.69 Å². The Kier molecular flexibility index (Phi) is 1.99. The largest absolute Gasteiger partial charge is 0.344 e. The molecule has 68 valence electrons. The number of nitrogens with zero attached hydrogens (tertiary/aromatic N) is 3. The van der Waals surface area contributed by atoms with Crippen molar-refractivity contribution in [3.05, 3.63) is 27.0 Å². The van der Waals surface area contributed by atoms with Crippen molar-refractivity contribution in [2.75, 3.05) is 0 Å². The molecular formula is C5H4IN4O2P. The van der Waals surface area contributed by atoms with E-state index >= 15 is 0 Å². The molecule has 0 aliphatic rings. The highest BCUT2D eigenvalue weighted by Gasteiger charge is 2.10. The first-order valence-corrected chi connectivity index (χ1v) is 4.74. The summed E-state index contributed by atoms with van der Waals surface area (Å²) in [5.74, 6) is 0. The smallest absolute Gasteiger partial charge is 0.283 e. The van der Waals surface area contributed by atoms with E-state index in [-0.39, 0.29) is 5.56 Å². The quantitative estimate of drug-likeness (QED) is 0.537. The summed E-state index contributed by atoms with van der Waals surface area (Å²) in [5.41, 5.74) is -0.434. The third-order valence-electron chi connectivity index (χ3n) is 1.63. The van der Waals surface area contributed by atoms with E-state index in [0.29, 0.717) is 11.0 Å². The lowest BCUT2D eigenvalue weighted by Gasteiger charge is -1.98. The molecule has 2 rings (SSSR count). The average molecular weight is 310 g/mol. The summed E-state index contributed by atoms with van der Waals surface area (Å²) in [6.45, 7) is 0. The van der Waals surface area contributed by atoms with E-state index in [1.165, 1.54) is 10.5 Å². The van der Waals surface area contributed by atoms with Crippen LogP contribution in [0.25, 0.3) is 11.0 Å². The Labute approximate surface area is 87.7 Å². The fourth-order valence-corrected chi connectivity index (χ4v) is 2.04. The molecule has 0 bridgehead atoms. The molecule has 0 amide bonds. The molecule has 6 nitrogen and oxygen atoms in total. The van der Waals surface area contributed by atoms with Gasteiger partial charge in [0.05, 0.1) is 22.9 Å². The van der Waals surface area contributed by atoms with Crippen LogP contribution < -0.4 is 11.2 Å². The van der Waals surface area contributed by atoms with Gasteiger partial charge in [0.25, 0.3) is 5.56 Å². The van der Waals surface area contributed by atoms with Crippen LogP contribution in [0, 0.1) is 0 Å². The zero-order chi connectivity index (χ0) is 9.59. The van der Waals surface area contributed by atoms with Crippen LogP contribution >= 0.6 is 32.3 Å². The van der Waals surface area contributed by atoms with Crippen LogP contribution in [-0.4, -0.2) is 17.3 Å². The van der Waals surface area contributed by atoms with Crippen molar-refractivity contribution in [2.24, 2.45) is 0 Å². The van der Waals surface area contributed by atoms with Gasteiger partial charge in [-0.25, -0.2) is 4.79 Å². The molecule has 2 heterocycles. The Balaban J connectivity index is 3.21. The highest BCUT2D eigenvalue weighted by atomic mass is 127. The summed E-state index contributed by atoms with van der Waals surface area (Å²) in [7, 11) is 2.21. The molecule has 0 fully saturated rings. The molecular weight excluding hydrogens is 306 g/mol. The number of halogens is 1. The second-order valence-electron chi connectivity index (χ2n) is 2.36. The Bertz CT molecular complexity index is 582. The minimum Gasteiger partial charge on any atom is -0.283 e. The van der Waals surface area contributed by atoms with E-state index in [4.69, 9.17) is 0 Å². The lowest BCUT2D eigenvalue weighted by atomic mass is 10.4. The maximum atomic E-state index is 11.4. The summed E-state index contributed by atoms with van der Waals surface area (Å²) in [6.07, 6.45) is 1.47. The third kappa shape index (κ3) is 1.14. The fourth-order valence-electron chi connectivity index (χ4n) is 1.00. The van der Waals surface area contributed by atoms with E-state index in [9.17, 15) is 9.59 Å². The van der Waals surface area contributed by atoms with Gasteiger partial charge in [-0.3, -0.25) is 14.2 Å². The van der Waals surface area contributed by atoms with E-state index in [1.54, 1.807) is 22.9 Å². The van der Waals surface area contributed by atoms with Gasteiger partial charge in [0, 0.05) is 6.20 Å². The first kappa shape index (κ1) is 8.89. The lowest BCUT2D eigenvalue weighted by molar-refractivity contribution is 0.990. The Morgan fingerprint density at radius 3 is 2.92 bits per heavy atom. The molecule has 0 saturated heterocycles. The van der Waals surface area contributed by atoms with Crippen LogP contribution in [0.15, 0.2) is 15.8 Å². The van der Waals surface area contributed by atoms with Crippen molar-refractivity contribution >= 4 is 43.3 Å². The number of rotatable bonds is 0. The second kappa shape index (κ2) is 2.91. The molecule has 2 aromatic heterocycles. The average Bonchev–Trinajstić information content (AvgIpc) is 2.59. The molecule has 1 N–H and O–H groups in total. The van der Waals surface area contributed by atoms with Crippen molar-refractivity contribution in [1.82, 2.24) is 17.3 Å². The van der Waals surface area contributed by atoms with Gasteiger partial charge in [0.1, 0.15) is 5.39 Å². The molecule has 0 saturated carbocycles. The fraction of sp³-hybridized carbons (Fsp3) is 0. The van der Waals surface area contributed by atoms with Crippen molar-refractivity contribution in [1.29, 1.82) is 0 Å². The predicted octanol–water partition coefficient (Wildman–Crippen LogP) is -0.277. The van der Waals surface area contributed by atoms with Crippen LogP contribution in [0.3, 0.4) is 0 Å². The van der Waals surface area contributed by atoms with Gasteiger partial charge >= 0.3 is 5.69 Å². The van der Waals surface area contributed by atoms with Crippen LogP contribution in [0.1, 0.15) is 0 Å². The normalized spacial score (nSPS) is 10.9. The topological polar surface area (TPSA) is 72.7 Å². The number of H-pyrrole nitrogens is 1. The zero-order valence-electron chi connectivity index (χ0n) is 6.19. The number of aromatic amines is 1. The maximum Gasteiger partial charge on any atom is 0.344 e. The second-order valence-corrected chi connectivity index (χ2v) is 3.84. The van der Waals surface area contributed by atoms with Crippen LogP contribution in [-0.2, 0) is 0 Å². The minimum absolute atomic E-state index is 0.341. The Hall–Kier alpha value is -0.690. The highest BCUT2D eigenvalue weighted by Crippen LogP contribution is 2.05. The van der Waals surface area contributed by atoms with E-state index in [0.717, 1.165) is 2.78 Å². The van der Waals surface area contributed by atoms with Crippen molar-refractivity contribution in [3.8, 4) is 0 Å². The van der Waals surface area contributed by atoms with E-state index in [2.05, 4.69) is 19.6 Å². The number of hydrogen-bond acceptors (Lipinski definition) is 3. The van der Waals surface area contributed by atoms with Crippen molar-refractivity contribution < 1.29 is 0 Å². The first-order chi connectivity index (χ1) is 6.13. The molecule has 1 atom stereocenters. The van der Waals surface area contributed by atoms with Gasteiger partial charge in [-0.05, 0) is 9.39 Å². The molecule has 2 aromatic rings. The standard InChI is InChI=1S/C5H4IN4O2P/c6-9-4(11)2-1-7-8-3(2)10(13)5(9)12/h1H,13H2,(H,7,8). The SMILES string of the molecule is O=c1c2c[nH]nc2n(P)c(=O)n1I. The van der Waals surface area contributed by atoms with Crippen LogP contribution in [0.4, 0.5) is 0 Å². The van der Waals surface area contributed by atoms with Gasteiger partial charge in [0.15, 0.2) is 5.65 Å². The van der Waals surface area contributed by atoms with Crippen LogP contribution in [0.2, 0.25) is 0 Å². The molecule has 13 heavy (non-hydrogen) atoms. The van der Waals surface area contributed by atoms with Gasteiger partial charge < -0.3 is 0 Å². The van der Waals surface area contributed by atoms with E-state index in [1.807, 2.05) is 0 Å². The minimum atomic E-state index is -0.421. The third-order valence-corrected chi connectivity index (χ3v) is 2.95. The van der Waals surface area contributed by atoms with Gasteiger partial charge in [-0.1, -0.05) is 0 Å². The molecule has 0 aliphatic heterocycles. The lowest BCUT2D eigenvalue weighted by Crippen LogP contribution is -2.31. The number of nitrogens with one attached hydrogen (secondary N) is 1. The summed E-state index contributed by atoms with van der Waals surface area (Å²) in [4.78, 5) is 22.8. The summed E-state index contributed by atoms with van der Waals surface area (Å²) in [5, 5.41) is 6.71. The van der Waals surface area contributed by atoms with Gasteiger partial charge in [0.2, 0.25) is 0 Å². The van der Waals surface area contributed by atoms with Crippen LogP contribution in [0.5, 0.6) is 0 Å². The predicted molar refractivity (Wildman–Crippen MR) is 59.1 cm³/mol. The molecule has 1 unspecified atom stereocenters. The van der Waals surface area contributed by atoms with Gasteiger partial charge in [-0.15, -0.1) is 0 Å². The summed E-state index contributed by atoms with van der Waals surface area (Å²) < 4.78 is 2.24. The molecule has 0 spiro atoms. The monoisotopic (exact) mass is 310 g/mol. The van der Waals surface area contributed by atoms with Crippen molar-refractivity contribution in [2.45, 2.75) is 0 Å². The number of fused-ring (bicyclic) bond motifs is 1. The Morgan fingerprint density at radius 1 is 1.54 bits per heavy atom. The zero-order valence-corrected chi connectivity index (χ0v) is 9.50.